The second-order valence-corrected chi connectivity index (χ2v) is 6.06. The maximum absolute atomic E-state index is 14.3. The molecule has 0 amide bonds. The van der Waals surface area contributed by atoms with Gasteiger partial charge in [-0.2, -0.15) is 0 Å². The van der Waals surface area contributed by atoms with E-state index in [2.05, 4.69) is 18.7 Å². The van der Waals surface area contributed by atoms with Crippen LogP contribution in [0.3, 0.4) is 0 Å². The Kier molecular flexibility index (Phi) is 4.53. The fourth-order valence-corrected chi connectivity index (χ4v) is 2.78. The van der Waals surface area contributed by atoms with Crippen molar-refractivity contribution in [1.29, 1.82) is 0 Å². The number of rotatable bonds is 3. The van der Waals surface area contributed by atoms with Gasteiger partial charge in [-0.3, -0.25) is 4.90 Å². The van der Waals surface area contributed by atoms with E-state index in [0.717, 1.165) is 19.0 Å². The van der Waals surface area contributed by atoms with Crippen LogP contribution in [-0.4, -0.2) is 23.0 Å². The highest BCUT2D eigenvalue weighted by Crippen LogP contribution is 2.24. The van der Waals surface area contributed by atoms with Crippen LogP contribution in [-0.2, 0) is 6.54 Å². The molecule has 1 aromatic carbocycles. The van der Waals surface area contributed by atoms with E-state index in [4.69, 9.17) is 18.0 Å². The highest BCUT2D eigenvalue weighted by Gasteiger charge is 2.23. The van der Waals surface area contributed by atoms with Gasteiger partial charge < -0.3 is 5.73 Å². The molecule has 4 heteroatoms. The number of likely N-dealkylation sites (tertiary alicyclic amines) is 1. The van der Waals surface area contributed by atoms with Crippen molar-refractivity contribution in [2.45, 2.75) is 26.8 Å². The van der Waals surface area contributed by atoms with Crippen LogP contribution in [0.5, 0.6) is 0 Å². The van der Waals surface area contributed by atoms with Crippen LogP contribution in [0.25, 0.3) is 0 Å². The van der Waals surface area contributed by atoms with Crippen LogP contribution >= 0.6 is 12.2 Å². The molecular weight excluding hydrogens is 259 g/mol. The summed E-state index contributed by atoms with van der Waals surface area (Å²) in [6.07, 6.45) is 1.18. The van der Waals surface area contributed by atoms with Gasteiger partial charge in [0.2, 0.25) is 0 Å². The predicted molar refractivity (Wildman–Crippen MR) is 80.5 cm³/mol. The van der Waals surface area contributed by atoms with Crippen molar-refractivity contribution in [2.75, 3.05) is 13.1 Å². The first-order valence-electron chi connectivity index (χ1n) is 6.78. The fourth-order valence-electron chi connectivity index (χ4n) is 2.63. The molecule has 2 rings (SSSR count). The molecule has 0 aromatic heterocycles. The van der Waals surface area contributed by atoms with E-state index in [1.54, 1.807) is 6.07 Å². The third-order valence-electron chi connectivity index (χ3n) is 4.16. The Morgan fingerprint density at radius 2 is 2.16 bits per heavy atom. The quantitative estimate of drug-likeness (QED) is 0.863. The zero-order chi connectivity index (χ0) is 14.0. The topological polar surface area (TPSA) is 29.3 Å². The number of piperidine rings is 1. The number of thiocarbonyl (C=S) groups is 1. The molecule has 1 aromatic rings. The average Bonchev–Trinajstić information content (AvgIpc) is 2.36. The summed E-state index contributed by atoms with van der Waals surface area (Å²) in [7, 11) is 0. The molecule has 104 valence electrons. The monoisotopic (exact) mass is 280 g/mol. The van der Waals surface area contributed by atoms with Gasteiger partial charge in [-0.25, -0.2) is 4.39 Å². The summed E-state index contributed by atoms with van der Waals surface area (Å²) in [5.74, 6) is 1.15. The van der Waals surface area contributed by atoms with Crippen molar-refractivity contribution < 1.29 is 4.39 Å². The van der Waals surface area contributed by atoms with Gasteiger partial charge in [0.05, 0.1) is 0 Å². The van der Waals surface area contributed by atoms with Gasteiger partial charge in [-0.15, -0.1) is 0 Å². The third-order valence-corrected chi connectivity index (χ3v) is 4.38. The van der Waals surface area contributed by atoms with Crippen LogP contribution in [0.2, 0.25) is 0 Å². The lowest BCUT2D eigenvalue weighted by Gasteiger charge is -2.35. The third kappa shape index (κ3) is 3.31. The molecule has 2 atom stereocenters. The minimum atomic E-state index is -0.263. The number of benzene rings is 1. The molecule has 2 nitrogen and oxygen atoms in total. The largest absolute Gasteiger partial charge is 0.389 e. The van der Waals surface area contributed by atoms with Crippen LogP contribution < -0.4 is 5.73 Å². The maximum atomic E-state index is 14.3. The molecule has 1 aliphatic rings. The standard InChI is InChI=1S/C15H21FN2S/c1-10-6-7-18(8-11(10)2)9-12-4-3-5-13(14(12)16)15(17)19/h3-5,10-11H,6-9H2,1-2H3,(H2,17,19). The first-order chi connectivity index (χ1) is 8.99. The first kappa shape index (κ1) is 14.4. The van der Waals surface area contributed by atoms with E-state index in [-0.39, 0.29) is 10.8 Å². The molecule has 0 saturated carbocycles. The zero-order valence-corrected chi connectivity index (χ0v) is 12.3. The average molecular weight is 280 g/mol. The van der Waals surface area contributed by atoms with Crippen molar-refractivity contribution >= 4 is 17.2 Å². The van der Waals surface area contributed by atoms with Crippen molar-refractivity contribution in [3.8, 4) is 0 Å². The van der Waals surface area contributed by atoms with Gasteiger partial charge in [-0.05, 0) is 30.9 Å². The molecule has 0 aliphatic carbocycles. The lowest BCUT2D eigenvalue weighted by Crippen LogP contribution is -2.38. The van der Waals surface area contributed by atoms with E-state index < -0.39 is 0 Å². The number of hydrogen-bond acceptors (Lipinski definition) is 2. The summed E-state index contributed by atoms with van der Waals surface area (Å²) in [5.41, 5.74) is 6.57. The van der Waals surface area contributed by atoms with Crippen molar-refractivity contribution in [3.63, 3.8) is 0 Å². The molecule has 0 radical (unpaired) electrons. The SMILES string of the molecule is CC1CCN(Cc2cccc(C(N)=S)c2F)CC1C. The van der Waals surface area contributed by atoms with Crippen LogP contribution in [0.15, 0.2) is 18.2 Å². The van der Waals surface area contributed by atoms with Gasteiger partial charge >= 0.3 is 0 Å². The van der Waals surface area contributed by atoms with Crippen molar-refractivity contribution in [1.82, 2.24) is 4.90 Å². The first-order valence-corrected chi connectivity index (χ1v) is 7.19. The molecule has 2 unspecified atom stereocenters. The van der Waals surface area contributed by atoms with Gasteiger partial charge in [0.25, 0.3) is 0 Å². The number of halogens is 1. The Morgan fingerprint density at radius 3 is 2.79 bits per heavy atom. The van der Waals surface area contributed by atoms with Gasteiger partial charge in [0, 0.05) is 24.2 Å². The smallest absolute Gasteiger partial charge is 0.137 e. The Hall–Kier alpha value is -1.00. The summed E-state index contributed by atoms with van der Waals surface area (Å²) in [6, 6.07) is 5.28. The number of nitrogens with zero attached hydrogens (tertiary/aromatic N) is 1. The summed E-state index contributed by atoms with van der Waals surface area (Å²) < 4.78 is 14.3. The minimum absolute atomic E-state index is 0.125. The molecule has 0 bridgehead atoms. The Labute approximate surface area is 119 Å². The summed E-state index contributed by atoms with van der Waals surface area (Å²) in [6.45, 7) is 7.24. The highest BCUT2D eigenvalue weighted by atomic mass is 32.1. The lowest BCUT2D eigenvalue weighted by molar-refractivity contribution is 0.131. The fraction of sp³-hybridized carbons (Fsp3) is 0.533. The van der Waals surface area contributed by atoms with Gasteiger partial charge in [0.15, 0.2) is 0 Å². The second kappa shape index (κ2) is 5.97. The summed E-state index contributed by atoms with van der Waals surface area (Å²) in [5, 5.41) is 0. The van der Waals surface area contributed by atoms with Crippen molar-refractivity contribution in [2.24, 2.45) is 17.6 Å². The molecule has 1 fully saturated rings. The molecule has 1 aliphatic heterocycles. The maximum Gasteiger partial charge on any atom is 0.137 e. The van der Waals surface area contributed by atoms with E-state index >= 15 is 0 Å². The van der Waals surface area contributed by atoms with Crippen LogP contribution in [0, 0.1) is 17.7 Å². The van der Waals surface area contributed by atoms with Crippen LogP contribution in [0.1, 0.15) is 31.4 Å². The van der Waals surface area contributed by atoms with E-state index in [1.165, 1.54) is 6.42 Å². The molecule has 19 heavy (non-hydrogen) atoms. The number of hydrogen-bond donors (Lipinski definition) is 1. The van der Waals surface area contributed by atoms with Gasteiger partial charge in [-0.1, -0.05) is 38.2 Å². The van der Waals surface area contributed by atoms with Crippen LogP contribution in [0.4, 0.5) is 4.39 Å². The van der Waals surface area contributed by atoms with Crippen molar-refractivity contribution in [3.05, 3.63) is 35.1 Å². The normalized spacial score (nSPS) is 24.4. The van der Waals surface area contributed by atoms with E-state index in [9.17, 15) is 4.39 Å². The highest BCUT2D eigenvalue weighted by molar-refractivity contribution is 7.80. The van der Waals surface area contributed by atoms with E-state index in [0.29, 0.717) is 23.6 Å². The summed E-state index contributed by atoms with van der Waals surface area (Å²) >= 11 is 4.87. The minimum Gasteiger partial charge on any atom is -0.389 e. The van der Waals surface area contributed by atoms with Gasteiger partial charge in [0.1, 0.15) is 10.8 Å². The second-order valence-electron chi connectivity index (χ2n) is 5.62. The summed E-state index contributed by atoms with van der Waals surface area (Å²) in [4.78, 5) is 2.44. The molecule has 0 spiro atoms. The Morgan fingerprint density at radius 1 is 1.42 bits per heavy atom. The molecule has 2 N–H and O–H groups in total. The molecule has 1 heterocycles. The number of nitrogens with two attached hydrogens (primary N) is 1. The Bertz CT molecular complexity index is 475. The molecule has 1 saturated heterocycles. The molecular formula is C15H21FN2S. The predicted octanol–water partition coefficient (Wildman–Crippen LogP) is 2.94. The lowest BCUT2D eigenvalue weighted by atomic mass is 9.88. The van der Waals surface area contributed by atoms with E-state index in [1.807, 2.05) is 12.1 Å². The zero-order valence-electron chi connectivity index (χ0n) is 11.5. The Balaban J connectivity index is 2.11.